The van der Waals surface area contributed by atoms with Crippen LogP contribution in [0.25, 0.3) is 71.2 Å². The SMILES string of the molecule is O=c1c2c(-c3ccccc3)cccc2n2n1B1c3ccc4ccccc4c3Oc3cc(-c4cc5ccccc5c5ccccc45)cc-2c31. The zero-order valence-corrected chi connectivity index (χ0v) is 25.7. The Hall–Kier alpha value is -6.33. The van der Waals surface area contributed by atoms with E-state index in [1.165, 1.54) is 21.5 Å². The molecular weight excluding hydrogens is 587 g/mol. The van der Waals surface area contributed by atoms with Gasteiger partial charge in [0.05, 0.1) is 16.6 Å². The lowest BCUT2D eigenvalue weighted by Crippen LogP contribution is -2.52. The Bertz CT molecular complexity index is 2900. The zero-order chi connectivity index (χ0) is 31.5. The second-order valence-electron chi connectivity index (χ2n) is 12.8. The molecule has 2 aliphatic heterocycles. The summed E-state index contributed by atoms with van der Waals surface area (Å²) in [6.07, 6.45) is 0. The zero-order valence-electron chi connectivity index (χ0n) is 25.7. The lowest BCUT2D eigenvalue weighted by atomic mass is 9.49. The van der Waals surface area contributed by atoms with Gasteiger partial charge in [-0.2, -0.15) is 0 Å². The van der Waals surface area contributed by atoms with Crippen molar-refractivity contribution in [1.82, 2.24) is 9.27 Å². The highest BCUT2D eigenvalue weighted by molar-refractivity contribution is 6.87. The molecule has 5 heteroatoms. The summed E-state index contributed by atoms with van der Waals surface area (Å²) in [5.41, 5.74) is 8.03. The maximum atomic E-state index is 14.8. The molecule has 48 heavy (non-hydrogen) atoms. The van der Waals surface area contributed by atoms with Gasteiger partial charge < -0.3 is 4.74 Å². The minimum Gasteiger partial charge on any atom is -0.458 e. The van der Waals surface area contributed by atoms with Crippen molar-refractivity contribution in [2.45, 2.75) is 0 Å². The van der Waals surface area contributed by atoms with E-state index < -0.39 is 0 Å². The van der Waals surface area contributed by atoms with E-state index in [-0.39, 0.29) is 12.4 Å². The van der Waals surface area contributed by atoms with E-state index in [9.17, 15) is 4.79 Å². The molecule has 1 aromatic heterocycles. The van der Waals surface area contributed by atoms with Crippen LogP contribution in [0.4, 0.5) is 0 Å². The van der Waals surface area contributed by atoms with Crippen molar-refractivity contribution in [3.63, 3.8) is 0 Å². The number of fused-ring (bicyclic) bond motifs is 12. The number of ether oxygens (including phenoxy) is 1. The summed E-state index contributed by atoms with van der Waals surface area (Å²) in [5.74, 6) is 1.60. The second kappa shape index (κ2) is 9.37. The van der Waals surface area contributed by atoms with E-state index in [0.29, 0.717) is 0 Å². The predicted molar refractivity (Wildman–Crippen MR) is 198 cm³/mol. The molecule has 0 bridgehead atoms. The summed E-state index contributed by atoms with van der Waals surface area (Å²) in [4.78, 5) is 14.8. The van der Waals surface area contributed by atoms with Crippen molar-refractivity contribution in [3.8, 4) is 39.4 Å². The lowest BCUT2D eigenvalue weighted by molar-refractivity contribution is 0.493. The summed E-state index contributed by atoms with van der Waals surface area (Å²) in [6, 6.07) is 52.9. The normalized spacial score (nSPS) is 12.8. The molecular formula is C43H25BN2O2. The summed E-state index contributed by atoms with van der Waals surface area (Å²) < 4.78 is 11.1. The third-order valence-electron chi connectivity index (χ3n) is 10.4. The van der Waals surface area contributed by atoms with Crippen LogP contribution in [-0.4, -0.2) is 16.1 Å². The smallest absolute Gasteiger partial charge is 0.361 e. The molecule has 0 saturated heterocycles. The Kier molecular flexibility index (Phi) is 5.04. The van der Waals surface area contributed by atoms with E-state index in [1.54, 1.807) is 0 Å². The number of hydrogen-bond donors (Lipinski definition) is 0. The molecule has 0 radical (unpaired) electrons. The van der Waals surface area contributed by atoms with Gasteiger partial charge >= 0.3 is 6.85 Å². The first-order valence-electron chi connectivity index (χ1n) is 16.3. The number of rotatable bonds is 2. The van der Waals surface area contributed by atoms with E-state index in [1.807, 2.05) is 22.8 Å². The Balaban J connectivity index is 1.27. The van der Waals surface area contributed by atoms with Gasteiger partial charge in [0.15, 0.2) is 0 Å². The van der Waals surface area contributed by atoms with Gasteiger partial charge in [-0.25, -0.2) is 0 Å². The maximum Gasteiger partial charge on any atom is 0.361 e. The number of hydrogen-bond acceptors (Lipinski definition) is 2. The van der Waals surface area contributed by atoms with Crippen molar-refractivity contribution >= 4 is 61.0 Å². The van der Waals surface area contributed by atoms with Crippen LogP contribution in [0.15, 0.2) is 156 Å². The first kappa shape index (κ1) is 25.8. The van der Waals surface area contributed by atoms with Crippen molar-refractivity contribution in [2.24, 2.45) is 0 Å². The molecule has 0 N–H and O–H groups in total. The Morgan fingerprint density at radius 3 is 2.12 bits per heavy atom. The fraction of sp³-hybridized carbons (Fsp3) is 0. The van der Waals surface area contributed by atoms with Crippen LogP contribution < -0.4 is 21.2 Å². The summed E-state index contributed by atoms with van der Waals surface area (Å²) >= 11 is 0. The number of aromatic nitrogens is 2. The molecule has 9 aromatic rings. The average Bonchev–Trinajstić information content (AvgIpc) is 3.65. The molecule has 0 amide bonds. The lowest BCUT2D eigenvalue weighted by Gasteiger charge is -2.25. The van der Waals surface area contributed by atoms with E-state index in [0.717, 1.165) is 72.0 Å². The molecule has 0 fully saturated rings. The molecule has 0 spiro atoms. The molecule has 0 unspecified atom stereocenters. The summed E-state index contributed by atoms with van der Waals surface area (Å²) in [6.45, 7) is -0.325. The van der Waals surface area contributed by atoms with Crippen LogP contribution in [0, 0.1) is 0 Å². The highest BCUT2D eigenvalue weighted by Crippen LogP contribution is 2.42. The fourth-order valence-corrected chi connectivity index (χ4v) is 8.30. The van der Waals surface area contributed by atoms with E-state index in [4.69, 9.17) is 4.74 Å². The van der Waals surface area contributed by atoms with Crippen LogP contribution in [-0.2, 0) is 0 Å². The van der Waals surface area contributed by atoms with E-state index >= 15 is 0 Å². The third-order valence-corrected chi connectivity index (χ3v) is 10.4. The van der Waals surface area contributed by atoms with Gasteiger partial charge in [-0.05, 0) is 78.9 Å². The molecule has 0 atom stereocenters. The van der Waals surface area contributed by atoms with Crippen LogP contribution >= 0.6 is 0 Å². The third kappa shape index (κ3) is 3.32. The summed E-state index contributed by atoms with van der Waals surface area (Å²) in [7, 11) is 0. The van der Waals surface area contributed by atoms with Crippen LogP contribution in [0.2, 0.25) is 0 Å². The standard InChI is InChI=1S/C43H25BN2O2/c47-43-40-31(26-11-2-1-3-12-26)19-10-20-37(40)45-38-24-29(35-23-28-14-5-6-15-30(28)33-17-8-9-18-34(33)35)25-39-41(38)44(46(43)45)36-22-21-27-13-4-7-16-32(27)42(36)48-39/h1-25H. The van der Waals surface area contributed by atoms with Crippen LogP contribution in [0.1, 0.15) is 0 Å². The van der Waals surface area contributed by atoms with Gasteiger partial charge in [0, 0.05) is 10.8 Å². The minimum atomic E-state index is -0.325. The average molecular weight is 612 g/mol. The molecule has 4 nitrogen and oxygen atoms in total. The van der Waals surface area contributed by atoms with Crippen molar-refractivity contribution < 1.29 is 4.74 Å². The predicted octanol–water partition coefficient (Wildman–Crippen LogP) is 8.66. The van der Waals surface area contributed by atoms with Crippen LogP contribution in [0.5, 0.6) is 11.5 Å². The topological polar surface area (TPSA) is 36.2 Å². The molecule has 3 heterocycles. The molecule has 0 saturated carbocycles. The molecule has 2 aliphatic rings. The van der Waals surface area contributed by atoms with Crippen LogP contribution in [0.3, 0.4) is 0 Å². The summed E-state index contributed by atoms with van der Waals surface area (Å²) in [5, 5.41) is 7.68. The van der Waals surface area contributed by atoms with Gasteiger partial charge in [0.25, 0.3) is 5.56 Å². The highest BCUT2D eigenvalue weighted by atomic mass is 16.5. The van der Waals surface area contributed by atoms with Gasteiger partial charge in [-0.3, -0.25) is 14.1 Å². The quantitative estimate of drug-likeness (QED) is 0.145. The first-order valence-corrected chi connectivity index (χ1v) is 16.3. The second-order valence-corrected chi connectivity index (χ2v) is 12.8. The van der Waals surface area contributed by atoms with Gasteiger partial charge in [-0.15, -0.1) is 0 Å². The highest BCUT2D eigenvalue weighted by Gasteiger charge is 2.45. The molecule has 0 aliphatic carbocycles. The maximum absolute atomic E-state index is 14.8. The minimum absolute atomic E-state index is 0.00434. The van der Waals surface area contributed by atoms with Crippen molar-refractivity contribution in [2.75, 3.05) is 0 Å². The Morgan fingerprint density at radius 2 is 1.27 bits per heavy atom. The van der Waals surface area contributed by atoms with E-state index in [2.05, 4.69) is 138 Å². The van der Waals surface area contributed by atoms with Gasteiger partial charge in [0.1, 0.15) is 11.5 Å². The fourth-order valence-electron chi connectivity index (χ4n) is 8.30. The number of benzene rings is 8. The van der Waals surface area contributed by atoms with Gasteiger partial charge in [0.2, 0.25) is 0 Å². The Morgan fingerprint density at radius 1 is 0.542 bits per heavy atom. The first-order chi connectivity index (χ1) is 23.7. The van der Waals surface area contributed by atoms with Gasteiger partial charge in [-0.1, -0.05) is 127 Å². The monoisotopic (exact) mass is 612 g/mol. The van der Waals surface area contributed by atoms with Crippen molar-refractivity contribution in [3.05, 3.63) is 162 Å². The Labute approximate surface area is 275 Å². The molecule has 11 rings (SSSR count). The number of nitrogens with zero attached hydrogens (tertiary/aromatic N) is 2. The van der Waals surface area contributed by atoms with Crippen molar-refractivity contribution in [1.29, 1.82) is 0 Å². The molecule has 222 valence electrons. The largest absolute Gasteiger partial charge is 0.458 e. The molecule has 8 aromatic carbocycles.